The van der Waals surface area contributed by atoms with Crippen molar-refractivity contribution in [1.29, 1.82) is 0 Å². The van der Waals surface area contributed by atoms with Gasteiger partial charge in [-0.2, -0.15) is 0 Å². The number of halogens is 1. The number of hydrogen-bond acceptors (Lipinski definition) is 4. The molecule has 1 heterocycles. The molecule has 1 aromatic heterocycles. The minimum atomic E-state index is -1.14. The molecule has 114 valence electrons. The van der Waals surface area contributed by atoms with E-state index >= 15 is 0 Å². The zero-order valence-corrected chi connectivity index (χ0v) is 13.9. The number of thiazole rings is 1. The number of nitrogens with zero attached hydrogens (tertiary/aromatic N) is 1. The molecule has 1 aromatic carbocycles. The number of methoxy groups -OCH3 is 1. The zero-order valence-electron chi connectivity index (χ0n) is 12.3. The van der Waals surface area contributed by atoms with E-state index in [1.807, 2.05) is 5.38 Å². The number of rotatable bonds is 6. The Bertz CT molecular complexity index is 640. The molecule has 2 aromatic rings. The van der Waals surface area contributed by atoms with Gasteiger partial charge in [0.1, 0.15) is 11.6 Å². The second-order valence-corrected chi connectivity index (χ2v) is 7.36. The third-order valence-electron chi connectivity index (χ3n) is 2.93. The van der Waals surface area contributed by atoms with E-state index in [-0.39, 0.29) is 11.6 Å². The summed E-state index contributed by atoms with van der Waals surface area (Å²) in [6.45, 7) is 4.16. The first-order valence-electron chi connectivity index (χ1n) is 6.61. The van der Waals surface area contributed by atoms with E-state index in [0.717, 1.165) is 10.7 Å². The van der Waals surface area contributed by atoms with Gasteiger partial charge in [0.15, 0.2) is 0 Å². The fraction of sp³-hybridized carbons (Fsp3) is 0.400. The number of aromatic nitrogens is 1. The highest BCUT2D eigenvalue weighted by atomic mass is 32.2. The van der Waals surface area contributed by atoms with E-state index in [2.05, 4.69) is 18.8 Å². The molecule has 0 spiro atoms. The topological polar surface area (TPSA) is 39.2 Å². The Kier molecular flexibility index (Phi) is 5.47. The monoisotopic (exact) mass is 327 g/mol. The second-order valence-electron chi connectivity index (χ2n) is 5.02. The predicted octanol–water partition coefficient (Wildman–Crippen LogP) is 3.86. The van der Waals surface area contributed by atoms with Crippen LogP contribution < -0.4 is 4.74 Å². The van der Waals surface area contributed by atoms with Gasteiger partial charge in [-0.3, -0.25) is 4.21 Å². The average Bonchev–Trinajstić information content (AvgIpc) is 2.87. The van der Waals surface area contributed by atoms with Gasteiger partial charge in [-0.15, -0.1) is 11.3 Å². The number of hydrogen-bond donors (Lipinski definition) is 0. The molecule has 0 amide bonds. The van der Waals surface area contributed by atoms with E-state index in [1.165, 1.54) is 19.2 Å². The zero-order chi connectivity index (χ0) is 15.4. The summed E-state index contributed by atoms with van der Waals surface area (Å²) in [4.78, 5) is 4.47. The molecule has 0 fully saturated rings. The molecule has 0 N–H and O–H groups in total. The first-order chi connectivity index (χ1) is 9.99. The van der Waals surface area contributed by atoms with Crippen LogP contribution in [-0.2, 0) is 22.3 Å². The van der Waals surface area contributed by atoms with Crippen molar-refractivity contribution in [2.24, 2.45) is 0 Å². The SMILES string of the molecule is COc1ccc(F)cc1CS(=O)Cc1csc(C(C)C)n1. The molecular formula is C15H18FNO2S2. The average molecular weight is 327 g/mol. The maximum atomic E-state index is 13.3. The lowest BCUT2D eigenvalue weighted by molar-refractivity contribution is 0.410. The van der Waals surface area contributed by atoms with Crippen LogP contribution in [0.2, 0.25) is 0 Å². The summed E-state index contributed by atoms with van der Waals surface area (Å²) in [7, 11) is 0.378. The predicted molar refractivity (Wildman–Crippen MR) is 84.7 cm³/mol. The molecule has 0 aliphatic carbocycles. The highest BCUT2D eigenvalue weighted by Crippen LogP contribution is 2.23. The van der Waals surface area contributed by atoms with Crippen molar-refractivity contribution in [3.63, 3.8) is 0 Å². The normalized spacial score (nSPS) is 12.6. The van der Waals surface area contributed by atoms with Crippen molar-refractivity contribution in [3.8, 4) is 5.75 Å². The highest BCUT2D eigenvalue weighted by molar-refractivity contribution is 7.83. The van der Waals surface area contributed by atoms with Crippen molar-refractivity contribution in [1.82, 2.24) is 4.98 Å². The van der Waals surface area contributed by atoms with Crippen molar-refractivity contribution in [3.05, 3.63) is 45.7 Å². The van der Waals surface area contributed by atoms with Crippen LogP contribution in [0, 0.1) is 5.82 Å². The smallest absolute Gasteiger partial charge is 0.123 e. The lowest BCUT2D eigenvalue weighted by Gasteiger charge is -2.08. The Morgan fingerprint density at radius 1 is 1.38 bits per heavy atom. The standard InChI is InChI=1S/C15H18FNO2S2/c1-10(2)15-17-13(7-20-15)9-21(18)8-11-6-12(16)4-5-14(11)19-3/h4-7,10H,8-9H2,1-3H3. The minimum absolute atomic E-state index is 0.259. The van der Waals surface area contributed by atoms with Gasteiger partial charge in [-0.1, -0.05) is 13.8 Å². The summed E-state index contributed by atoms with van der Waals surface area (Å²) in [6.07, 6.45) is 0. The van der Waals surface area contributed by atoms with Crippen LogP contribution in [0.5, 0.6) is 5.75 Å². The third-order valence-corrected chi connectivity index (χ3v) is 5.38. The van der Waals surface area contributed by atoms with E-state index in [9.17, 15) is 8.60 Å². The molecule has 0 aliphatic heterocycles. The van der Waals surface area contributed by atoms with Crippen LogP contribution in [0.15, 0.2) is 23.6 Å². The molecule has 1 atom stereocenters. The molecule has 3 nitrogen and oxygen atoms in total. The Hall–Kier alpha value is -1.27. The molecule has 0 bridgehead atoms. The molecule has 6 heteroatoms. The lowest BCUT2D eigenvalue weighted by Crippen LogP contribution is -2.02. The summed E-state index contributed by atoms with van der Waals surface area (Å²) in [5.41, 5.74) is 1.45. The Morgan fingerprint density at radius 3 is 2.76 bits per heavy atom. The van der Waals surface area contributed by atoms with Gasteiger partial charge in [0.25, 0.3) is 0 Å². The Morgan fingerprint density at radius 2 is 2.14 bits per heavy atom. The Balaban J connectivity index is 2.06. The number of ether oxygens (including phenoxy) is 1. The van der Waals surface area contributed by atoms with Crippen molar-refractivity contribution >= 4 is 22.1 Å². The van der Waals surface area contributed by atoms with Crippen LogP contribution in [-0.4, -0.2) is 16.3 Å². The summed E-state index contributed by atoms with van der Waals surface area (Å²) >= 11 is 1.59. The van der Waals surface area contributed by atoms with Crippen molar-refractivity contribution < 1.29 is 13.3 Å². The molecule has 21 heavy (non-hydrogen) atoms. The summed E-state index contributed by atoms with van der Waals surface area (Å²) in [6, 6.07) is 4.26. The molecule has 0 radical (unpaired) electrons. The quantitative estimate of drug-likeness (QED) is 0.808. The number of benzene rings is 1. The molecular weight excluding hydrogens is 309 g/mol. The van der Waals surface area contributed by atoms with E-state index in [0.29, 0.717) is 23.0 Å². The van der Waals surface area contributed by atoms with Gasteiger partial charge in [0.05, 0.1) is 29.3 Å². The summed E-state index contributed by atoms with van der Waals surface area (Å²) < 4.78 is 30.7. The molecule has 0 aliphatic rings. The fourth-order valence-corrected chi connectivity index (χ4v) is 4.00. The second kappa shape index (κ2) is 7.13. The van der Waals surface area contributed by atoms with E-state index in [4.69, 9.17) is 4.74 Å². The van der Waals surface area contributed by atoms with Crippen LogP contribution in [0.25, 0.3) is 0 Å². The van der Waals surface area contributed by atoms with Gasteiger partial charge in [-0.05, 0) is 18.2 Å². The highest BCUT2D eigenvalue weighted by Gasteiger charge is 2.12. The van der Waals surface area contributed by atoms with Crippen molar-refractivity contribution in [2.75, 3.05) is 7.11 Å². The minimum Gasteiger partial charge on any atom is -0.496 e. The van der Waals surface area contributed by atoms with Crippen LogP contribution in [0.3, 0.4) is 0 Å². The van der Waals surface area contributed by atoms with Gasteiger partial charge in [0.2, 0.25) is 0 Å². The van der Waals surface area contributed by atoms with Gasteiger partial charge in [-0.25, -0.2) is 9.37 Å². The largest absolute Gasteiger partial charge is 0.496 e. The van der Waals surface area contributed by atoms with Gasteiger partial charge in [0, 0.05) is 27.7 Å². The molecule has 0 saturated carbocycles. The van der Waals surface area contributed by atoms with Crippen LogP contribution in [0.4, 0.5) is 4.39 Å². The molecule has 1 unspecified atom stereocenters. The lowest BCUT2D eigenvalue weighted by atomic mass is 10.2. The van der Waals surface area contributed by atoms with E-state index < -0.39 is 10.8 Å². The van der Waals surface area contributed by atoms with Crippen LogP contribution >= 0.6 is 11.3 Å². The maximum Gasteiger partial charge on any atom is 0.123 e. The third kappa shape index (κ3) is 4.35. The summed E-state index contributed by atoms with van der Waals surface area (Å²) in [5.74, 6) is 1.23. The van der Waals surface area contributed by atoms with Crippen molar-refractivity contribution in [2.45, 2.75) is 31.3 Å². The maximum absolute atomic E-state index is 13.3. The first-order valence-corrected chi connectivity index (χ1v) is 8.98. The van der Waals surface area contributed by atoms with Gasteiger partial charge >= 0.3 is 0 Å². The molecule has 2 rings (SSSR count). The van der Waals surface area contributed by atoms with Crippen LogP contribution in [0.1, 0.15) is 36.0 Å². The Labute approximate surface area is 130 Å². The van der Waals surface area contributed by atoms with Gasteiger partial charge < -0.3 is 4.74 Å². The summed E-state index contributed by atoms with van der Waals surface area (Å²) in [5, 5.41) is 2.99. The first kappa shape index (κ1) is 16.1. The van der Waals surface area contributed by atoms with E-state index in [1.54, 1.807) is 17.4 Å². The fourth-order valence-electron chi connectivity index (χ4n) is 1.90. The molecule has 0 saturated heterocycles.